The van der Waals surface area contributed by atoms with Gasteiger partial charge in [-0.05, 0) is 26.0 Å². The monoisotopic (exact) mass is 266 g/mol. The largest absolute Gasteiger partial charge is 0.506 e. The van der Waals surface area contributed by atoms with E-state index in [1.807, 2.05) is 13.8 Å². The molecular formula is C12H14N2O3S. The Labute approximate surface area is 109 Å². The normalized spacial score (nSPS) is 21.4. The van der Waals surface area contributed by atoms with Crippen LogP contribution in [0.5, 0.6) is 5.75 Å². The molecule has 0 bridgehead atoms. The molecule has 5 nitrogen and oxygen atoms in total. The fourth-order valence-corrected chi connectivity index (χ4v) is 2.79. The van der Waals surface area contributed by atoms with Crippen LogP contribution in [0.4, 0.5) is 5.69 Å². The maximum atomic E-state index is 11.1. The minimum absolute atomic E-state index is 0.109. The van der Waals surface area contributed by atoms with Crippen LogP contribution in [-0.4, -0.2) is 32.1 Å². The van der Waals surface area contributed by atoms with Gasteiger partial charge in [0.1, 0.15) is 5.75 Å². The van der Waals surface area contributed by atoms with E-state index in [0.29, 0.717) is 10.9 Å². The van der Waals surface area contributed by atoms with Gasteiger partial charge >= 0.3 is 5.97 Å². The number of carbonyl (C=O) groups is 1. The van der Waals surface area contributed by atoms with Crippen LogP contribution in [0.2, 0.25) is 0 Å². The molecule has 3 N–H and O–H groups in total. The van der Waals surface area contributed by atoms with Crippen molar-refractivity contribution in [1.29, 1.82) is 0 Å². The average Bonchev–Trinajstić information content (AvgIpc) is 2.57. The van der Waals surface area contributed by atoms with Gasteiger partial charge in [0.05, 0.1) is 10.4 Å². The van der Waals surface area contributed by atoms with Crippen molar-refractivity contribution in [2.45, 2.75) is 24.6 Å². The van der Waals surface area contributed by atoms with Gasteiger partial charge in [0.2, 0.25) is 0 Å². The summed E-state index contributed by atoms with van der Waals surface area (Å²) >= 11 is 1.35. The highest BCUT2D eigenvalue weighted by atomic mass is 32.2. The van der Waals surface area contributed by atoms with Gasteiger partial charge in [-0.25, -0.2) is 9.79 Å². The Bertz CT molecular complexity index is 514. The number of carboxylic acid groups (broad SMARTS) is 1. The first-order chi connectivity index (χ1) is 8.40. The minimum Gasteiger partial charge on any atom is -0.506 e. The number of aromatic hydroxyl groups is 1. The van der Waals surface area contributed by atoms with Crippen LogP contribution < -0.4 is 5.32 Å². The lowest BCUT2D eigenvalue weighted by Crippen LogP contribution is -2.34. The molecule has 1 aliphatic heterocycles. The molecule has 6 heteroatoms. The zero-order chi connectivity index (χ0) is 13.3. The second kappa shape index (κ2) is 4.53. The number of amidine groups is 1. The summed E-state index contributed by atoms with van der Waals surface area (Å²) < 4.78 is -0.501. The molecular weight excluding hydrogens is 252 g/mol. The zero-order valence-corrected chi connectivity index (χ0v) is 10.9. The fraction of sp³-hybridized carbons (Fsp3) is 0.333. The lowest BCUT2D eigenvalue weighted by molar-refractivity contribution is -0.138. The molecule has 0 unspecified atom stereocenters. The van der Waals surface area contributed by atoms with Crippen LogP contribution in [-0.2, 0) is 4.79 Å². The van der Waals surface area contributed by atoms with Gasteiger partial charge < -0.3 is 15.5 Å². The van der Waals surface area contributed by atoms with Gasteiger partial charge in [-0.3, -0.25) is 0 Å². The van der Waals surface area contributed by atoms with E-state index >= 15 is 0 Å². The number of nitrogens with one attached hydrogen (secondary N) is 1. The van der Waals surface area contributed by atoms with E-state index in [2.05, 4.69) is 10.3 Å². The number of phenolic OH excluding ortho intramolecular Hbond substituents is 1. The summed E-state index contributed by atoms with van der Waals surface area (Å²) in [5.41, 5.74) is 0.519. The Balaban J connectivity index is 2.20. The van der Waals surface area contributed by atoms with Gasteiger partial charge in [0, 0.05) is 0 Å². The van der Waals surface area contributed by atoms with E-state index in [0.717, 1.165) is 0 Å². The number of anilines is 1. The molecule has 1 aromatic carbocycles. The van der Waals surface area contributed by atoms with Gasteiger partial charge in [0.15, 0.2) is 11.2 Å². The van der Waals surface area contributed by atoms with E-state index in [1.54, 1.807) is 24.3 Å². The van der Waals surface area contributed by atoms with E-state index < -0.39 is 16.8 Å². The molecule has 1 aromatic rings. The van der Waals surface area contributed by atoms with Gasteiger partial charge in [-0.1, -0.05) is 23.9 Å². The SMILES string of the molecule is CC1(C)SC(Nc2ccccc2O)=N[C@H]1C(=O)O. The fourth-order valence-electron chi connectivity index (χ4n) is 1.71. The predicted molar refractivity (Wildman–Crippen MR) is 72.3 cm³/mol. The molecule has 0 spiro atoms. The number of phenols is 1. The van der Waals surface area contributed by atoms with Crippen LogP contribution in [0.25, 0.3) is 0 Å². The van der Waals surface area contributed by atoms with Crippen molar-refractivity contribution >= 4 is 28.6 Å². The highest BCUT2D eigenvalue weighted by Crippen LogP contribution is 2.38. The molecule has 96 valence electrons. The molecule has 0 amide bonds. The number of carboxylic acids is 1. The second-order valence-corrected chi connectivity index (χ2v) is 6.17. The van der Waals surface area contributed by atoms with Crippen LogP contribution in [0.15, 0.2) is 29.3 Å². The van der Waals surface area contributed by atoms with Crippen molar-refractivity contribution in [3.05, 3.63) is 24.3 Å². The number of benzene rings is 1. The number of nitrogens with zero attached hydrogens (tertiary/aromatic N) is 1. The molecule has 1 heterocycles. The Kier molecular flexibility index (Phi) is 3.21. The highest BCUT2D eigenvalue weighted by Gasteiger charge is 2.42. The molecule has 2 rings (SSSR count). The number of para-hydroxylation sites is 2. The molecule has 0 saturated heterocycles. The van der Waals surface area contributed by atoms with Crippen molar-refractivity contribution in [3.8, 4) is 5.75 Å². The van der Waals surface area contributed by atoms with Crippen LogP contribution in [0.1, 0.15) is 13.8 Å². The topological polar surface area (TPSA) is 81.9 Å². The third kappa shape index (κ3) is 2.43. The van der Waals surface area contributed by atoms with Crippen LogP contribution in [0.3, 0.4) is 0 Å². The Morgan fingerprint density at radius 2 is 2.11 bits per heavy atom. The van der Waals surface area contributed by atoms with E-state index in [-0.39, 0.29) is 5.75 Å². The first-order valence-electron chi connectivity index (χ1n) is 5.45. The summed E-state index contributed by atoms with van der Waals surface area (Å²) in [7, 11) is 0. The summed E-state index contributed by atoms with van der Waals surface area (Å²) in [6.07, 6.45) is 0. The molecule has 0 saturated carbocycles. The maximum absolute atomic E-state index is 11.1. The maximum Gasteiger partial charge on any atom is 0.329 e. The molecule has 0 radical (unpaired) electrons. The summed E-state index contributed by atoms with van der Waals surface area (Å²) in [4.78, 5) is 15.2. The molecule has 18 heavy (non-hydrogen) atoms. The number of aliphatic carboxylic acids is 1. The van der Waals surface area contributed by atoms with Crippen LogP contribution in [0, 0.1) is 0 Å². The van der Waals surface area contributed by atoms with Crippen molar-refractivity contribution in [2.75, 3.05) is 5.32 Å². The first-order valence-corrected chi connectivity index (χ1v) is 6.26. The van der Waals surface area contributed by atoms with E-state index in [1.165, 1.54) is 11.8 Å². The molecule has 0 aliphatic carbocycles. The molecule has 1 atom stereocenters. The van der Waals surface area contributed by atoms with Gasteiger partial charge in [0.25, 0.3) is 0 Å². The third-order valence-electron chi connectivity index (χ3n) is 2.64. The lowest BCUT2D eigenvalue weighted by Gasteiger charge is -2.20. The number of hydrogen-bond donors (Lipinski definition) is 3. The Morgan fingerprint density at radius 1 is 1.44 bits per heavy atom. The third-order valence-corrected chi connectivity index (χ3v) is 3.79. The van der Waals surface area contributed by atoms with Gasteiger partial charge in [-0.2, -0.15) is 0 Å². The number of thioether (sulfide) groups is 1. The Hall–Kier alpha value is -1.69. The molecule has 0 aromatic heterocycles. The molecule has 0 fully saturated rings. The van der Waals surface area contributed by atoms with E-state index in [4.69, 9.17) is 5.11 Å². The summed E-state index contributed by atoms with van der Waals surface area (Å²) in [6.45, 7) is 3.67. The quantitative estimate of drug-likeness (QED) is 0.714. The van der Waals surface area contributed by atoms with E-state index in [9.17, 15) is 9.90 Å². The number of hydrogen-bond acceptors (Lipinski definition) is 5. The predicted octanol–water partition coefficient (Wildman–Crippen LogP) is 2.14. The van der Waals surface area contributed by atoms with Crippen LogP contribution >= 0.6 is 11.8 Å². The Morgan fingerprint density at radius 3 is 2.67 bits per heavy atom. The van der Waals surface area contributed by atoms with Crippen molar-refractivity contribution in [2.24, 2.45) is 4.99 Å². The average molecular weight is 266 g/mol. The van der Waals surface area contributed by atoms with Crippen molar-refractivity contribution in [3.63, 3.8) is 0 Å². The van der Waals surface area contributed by atoms with Crippen molar-refractivity contribution < 1.29 is 15.0 Å². The lowest BCUT2D eigenvalue weighted by atomic mass is 10.0. The number of aliphatic imine (C=N–C) groups is 1. The first kappa shape index (κ1) is 12.8. The summed E-state index contributed by atoms with van der Waals surface area (Å²) in [5.74, 6) is -0.834. The highest BCUT2D eigenvalue weighted by molar-refractivity contribution is 8.15. The summed E-state index contributed by atoms with van der Waals surface area (Å²) in [6, 6.07) is 5.98. The van der Waals surface area contributed by atoms with Gasteiger partial charge in [-0.15, -0.1) is 0 Å². The second-order valence-electron chi connectivity index (χ2n) is 4.52. The minimum atomic E-state index is -0.943. The van der Waals surface area contributed by atoms with Crippen molar-refractivity contribution in [1.82, 2.24) is 0 Å². The standard InChI is InChI=1S/C12H14N2O3S/c1-12(2)9(10(16)17)14-11(18-12)13-7-5-3-4-6-8(7)15/h3-6,9,15H,1-2H3,(H,13,14)(H,16,17)/t9-/m0/s1. The molecule has 1 aliphatic rings. The number of rotatable bonds is 2. The smallest absolute Gasteiger partial charge is 0.329 e. The zero-order valence-electron chi connectivity index (χ0n) is 10.0. The summed E-state index contributed by atoms with van der Waals surface area (Å²) in [5, 5.41) is 22.2.